The molecular formula is C8H13ClN4. The fourth-order valence-corrected chi connectivity index (χ4v) is 1.15. The molecule has 1 aromatic rings. The highest BCUT2D eigenvalue weighted by atomic mass is 35.5. The van der Waals surface area contributed by atoms with Crippen LogP contribution in [-0.2, 0) is 6.42 Å². The highest BCUT2D eigenvalue weighted by Gasteiger charge is 2.03. The van der Waals surface area contributed by atoms with Crippen LogP contribution in [0.5, 0.6) is 0 Å². The van der Waals surface area contributed by atoms with Crippen LogP contribution in [0.2, 0.25) is 5.28 Å². The van der Waals surface area contributed by atoms with Crippen LogP contribution < -0.4 is 10.6 Å². The van der Waals surface area contributed by atoms with Crippen molar-refractivity contribution in [1.29, 1.82) is 0 Å². The van der Waals surface area contributed by atoms with Gasteiger partial charge >= 0.3 is 0 Å². The van der Waals surface area contributed by atoms with Crippen molar-refractivity contribution in [3.8, 4) is 0 Å². The van der Waals surface area contributed by atoms with Crippen molar-refractivity contribution in [2.75, 3.05) is 25.5 Å². The normalized spacial score (nSPS) is 10.2. The Hall–Kier alpha value is -0.870. The summed E-state index contributed by atoms with van der Waals surface area (Å²) in [5.74, 6) is 0.809. The van der Waals surface area contributed by atoms with Gasteiger partial charge < -0.3 is 10.6 Å². The molecule has 0 unspecified atom stereocenters. The number of nitrogens with two attached hydrogens (primary N) is 1. The first-order valence-electron chi connectivity index (χ1n) is 4.04. The van der Waals surface area contributed by atoms with Crippen LogP contribution >= 0.6 is 11.6 Å². The minimum Gasteiger partial charge on any atom is -0.363 e. The summed E-state index contributed by atoms with van der Waals surface area (Å²) in [6.45, 7) is 0.570. The first kappa shape index (κ1) is 10.2. The van der Waals surface area contributed by atoms with E-state index in [1.165, 1.54) is 0 Å². The number of hydrogen-bond acceptors (Lipinski definition) is 4. The van der Waals surface area contributed by atoms with Crippen molar-refractivity contribution in [1.82, 2.24) is 9.97 Å². The molecule has 72 valence electrons. The van der Waals surface area contributed by atoms with Crippen LogP contribution in [0.25, 0.3) is 0 Å². The number of aromatic nitrogens is 2. The molecule has 1 rings (SSSR count). The summed E-state index contributed by atoms with van der Waals surface area (Å²) in [5, 5.41) is 0.273. The Morgan fingerprint density at radius 2 is 2.15 bits per heavy atom. The summed E-state index contributed by atoms with van der Waals surface area (Å²) in [6.07, 6.45) is 0.725. The first-order valence-corrected chi connectivity index (χ1v) is 4.42. The lowest BCUT2D eigenvalue weighted by atomic mass is 10.3. The molecule has 5 heteroatoms. The average Bonchev–Trinajstić information content (AvgIpc) is 2.03. The van der Waals surface area contributed by atoms with E-state index >= 15 is 0 Å². The van der Waals surface area contributed by atoms with Crippen molar-refractivity contribution in [3.63, 3.8) is 0 Å². The number of anilines is 1. The lowest BCUT2D eigenvalue weighted by molar-refractivity contribution is 0.901. The molecule has 0 amide bonds. The zero-order valence-corrected chi connectivity index (χ0v) is 8.54. The largest absolute Gasteiger partial charge is 0.363 e. The topological polar surface area (TPSA) is 55.0 Å². The smallest absolute Gasteiger partial charge is 0.224 e. The molecule has 0 atom stereocenters. The predicted molar refractivity (Wildman–Crippen MR) is 54.1 cm³/mol. The maximum Gasteiger partial charge on any atom is 0.224 e. The van der Waals surface area contributed by atoms with E-state index in [9.17, 15) is 0 Å². The van der Waals surface area contributed by atoms with E-state index in [2.05, 4.69) is 9.97 Å². The molecule has 0 bridgehead atoms. The summed E-state index contributed by atoms with van der Waals surface area (Å²) in [5.41, 5.74) is 6.30. The van der Waals surface area contributed by atoms with Gasteiger partial charge in [0.15, 0.2) is 0 Å². The maximum atomic E-state index is 5.74. The zero-order valence-electron chi connectivity index (χ0n) is 7.79. The molecule has 0 aromatic carbocycles. The minimum atomic E-state index is 0.273. The quantitative estimate of drug-likeness (QED) is 0.730. The molecule has 2 N–H and O–H groups in total. The third kappa shape index (κ3) is 2.82. The predicted octanol–water partition coefficient (Wildman–Crippen LogP) is 0.697. The molecule has 4 nitrogen and oxygen atoms in total. The van der Waals surface area contributed by atoms with Gasteiger partial charge in [-0.25, -0.2) is 9.97 Å². The van der Waals surface area contributed by atoms with Crippen LogP contribution in [0.1, 0.15) is 5.69 Å². The van der Waals surface area contributed by atoms with Gasteiger partial charge in [-0.15, -0.1) is 0 Å². The molecule has 13 heavy (non-hydrogen) atoms. The monoisotopic (exact) mass is 200 g/mol. The van der Waals surface area contributed by atoms with Crippen LogP contribution in [0.4, 0.5) is 5.82 Å². The van der Waals surface area contributed by atoms with Gasteiger partial charge in [-0.1, -0.05) is 0 Å². The standard InChI is InChI=1S/C8H13ClN4/c1-13(2)7-5-6(3-4-10)11-8(9)12-7/h5H,3-4,10H2,1-2H3. The lowest BCUT2D eigenvalue weighted by Crippen LogP contribution is -2.13. The molecule has 0 fully saturated rings. The second kappa shape index (κ2) is 4.39. The second-order valence-corrected chi connectivity index (χ2v) is 3.26. The molecule has 0 spiro atoms. The van der Waals surface area contributed by atoms with Crippen LogP contribution in [0.3, 0.4) is 0 Å². The molecule has 1 aromatic heterocycles. The Bertz CT molecular complexity index is 287. The van der Waals surface area contributed by atoms with Crippen LogP contribution in [-0.4, -0.2) is 30.6 Å². The Morgan fingerprint density at radius 1 is 1.46 bits per heavy atom. The SMILES string of the molecule is CN(C)c1cc(CCN)nc(Cl)n1. The number of halogens is 1. The lowest BCUT2D eigenvalue weighted by Gasteiger charge is -2.11. The summed E-state index contributed by atoms with van der Waals surface area (Å²) >= 11 is 5.74. The summed E-state index contributed by atoms with van der Waals surface area (Å²) in [4.78, 5) is 9.99. The van der Waals surface area contributed by atoms with Crippen molar-refractivity contribution in [3.05, 3.63) is 17.0 Å². The summed E-state index contributed by atoms with van der Waals surface area (Å²) < 4.78 is 0. The van der Waals surface area contributed by atoms with Gasteiger partial charge in [0.05, 0.1) is 0 Å². The third-order valence-electron chi connectivity index (χ3n) is 1.60. The van der Waals surface area contributed by atoms with Crippen molar-refractivity contribution in [2.45, 2.75) is 6.42 Å². The Morgan fingerprint density at radius 3 is 2.69 bits per heavy atom. The molecule has 0 aliphatic heterocycles. The molecule has 0 radical (unpaired) electrons. The highest BCUT2D eigenvalue weighted by molar-refractivity contribution is 6.28. The number of hydrogen-bond donors (Lipinski definition) is 1. The van der Waals surface area contributed by atoms with Crippen LogP contribution in [0.15, 0.2) is 6.07 Å². The molecule has 0 aliphatic carbocycles. The average molecular weight is 201 g/mol. The molecule has 0 aliphatic rings. The Balaban J connectivity index is 2.96. The summed E-state index contributed by atoms with van der Waals surface area (Å²) in [7, 11) is 3.82. The Labute approximate surface area is 82.7 Å². The van der Waals surface area contributed by atoms with Gasteiger partial charge in [0.25, 0.3) is 0 Å². The van der Waals surface area contributed by atoms with E-state index in [0.29, 0.717) is 6.54 Å². The number of nitrogens with zero attached hydrogens (tertiary/aromatic N) is 3. The van der Waals surface area contributed by atoms with E-state index in [1.54, 1.807) is 0 Å². The minimum absolute atomic E-state index is 0.273. The van der Waals surface area contributed by atoms with Crippen LogP contribution in [0, 0.1) is 0 Å². The van der Waals surface area contributed by atoms with Gasteiger partial charge in [0.1, 0.15) is 5.82 Å². The zero-order chi connectivity index (χ0) is 9.84. The highest BCUT2D eigenvalue weighted by Crippen LogP contribution is 2.12. The fraction of sp³-hybridized carbons (Fsp3) is 0.500. The van der Waals surface area contributed by atoms with Gasteiger partial charge in [0.2, 0.25) is 5.28 Å². The third-order valence-corrected chi connectivity index (χ3v) is 1.77. The maximum absolute atomic E-state index is 5.74. The Kier molecular flexibility index (Phi) is 3.45. The number of rotatable bonds is 3. The van der Waals surface area contributed by atoms with Gasteiger partial charge in [-0.05, 0) is 18.1 Å². The van der Waals surface area contributed by atoms with Gasteiger partial charge in [-0.3, -0.25) is 0 Å². The van der Waals surface area contributed by atoms with E-state index in [-0.39, 0.29) is 5.28 Å². The van der Waals surface area contributed by atoms with Gasteiger partial charge in [0, 0.05) is 32.3 Å². The van der Waals surface area contributed by atoms with Crippen molar-refractivity contribution < 1.29 is 0 Å². The van der Waals surface area contributed by atoms with Crippen molar-refractivity contribution in [2.24, 2.45) is 5.73 Å². The molecule has 1 heterocycles. The van der Waals surface area contributed by atoms with Crippen molar-refractivity contribution >= 4 is 17.4 Å². The van der Waals surface area contributed by atoms with E-state index in [0.717, 1.165) is 17.9 Å². The van der Waals surface area contributed by atoms with E-state index < -0.39 is 0 Å². The fourth-order valence-electron chi connectivity index (χ4n) is 0.957. The molecular weight excluding hydrogens is 188 g/mol. The second-order valence-electron chi connectivity index (χ2n) is 2.92. The molecule has 0 saturated carbocycles. The molecule has 0 saturated heterocycles. The summed E-state index contributed by atoms with van der Waals surface area (Å²) in [6, 6.07) is 1.89. The van der Waals surface area contributed by atoms with Gasteiger partial charge in [-0.2, -0.15) is 0 Å². The van der Waals surface area contributed by atoms with E-state index in [4.69, 9.17) is 17.3 Å². The van der Waals surface area contributed by atoms with E-state index in [1.807, 2.05) is 25.1 Å². The first-order chi connectivity index (χ1) is 6.13.